The number of ether oxygens (including phenoxy) is 1. The van der Waals surface area contributed by atoms with Crippen molar-refractivity contribution in [1.29, 1.82) is 0 Å². The van der Waals surface area contributed by atoms with Crippen LogP contribution in [-0.2, 0) is 19.4 Å². The molecule has 0 spiro atoms. The highest BCUT2D eigenvalue weighted by atomic mass is 16.5. The SMILES string of the molecule is COc1ccc2c(c1)CCN(C1CCN(c3cc(C(=O)N4CCc5[nH]nc(-c6ccccc6)c5C4)ncn3)CC1)C(=O)N2. The highest BCUT2D eigenvalue weighted by Gasteiger charge is 2.32. The van der Waals surface area contributed by atoms with Crippen molar-refractivity contribution in [3.05, 3.63) is 83.4 Å². The third-order valence-corrected chi connectivity index (χ3v) is 8.81. The smallest absolute Gasteiger partial charge is 0.322 e. The minimum Gasteiger partial charge on any atom is -0.497 e. The molecule has 0 unspecified atom stereocenters. The molecule has 43 heavy (non-hydrogen) atoms. The largest absolute Gasteiger partial charge is 0.497 e. The number of hydrogen-bond acceptors (Lipinski definition) is 7. The third-order valence-electron chi connectivity index (χ3n) is 8.81. The van der Waals surface area contributed by atoms with Crippen LogP contribution < -0.4 is 15.0 Å². The molecule has 7 rings (SSSR count). The molecule has 5 heterocycles. The molecule has 11 nitrogen and oxygen atoms in total. The van der Waals surface area contributed by atoms with Gasteiger partial charge >= 0.3 is 6.03 Å². The van der Waals surface area contributed by atoms with Crippen LogP contribution in [0, 0.1) is 0 Å². The van der Waals surface area contributed by atoms with Gasteiger partial charge in [0.25, 0.3) is 5.91 Å². The summed E-state index contributed by atoms with van der Waals surface area (Å²) in [5, 5.41) is 10.8. The number of carbonyl (C=O) groups excluding carboxylic acids is 2. The molecule has 3 amide bonds. The zero-order valence-corrected chi connectivity index (χ0v) is 24.1. The Balaban J connectivity index is 0.999. The lowest BCUT2D eigenvalue weighted by molar-refractivity contribution is 0.0728. The number of benzene rings is 2. The van der Waals surface area contributed by atoms with E-state index in [9.17, 15) is 9.59 Å². The van der Waals surface area contributed by atoms with Gasteiger partial charge in [0.2, 0.25) is 0 Å². The van der Waals surface area contributed by atoms with Gasteiger partial charge in [0.1, 0.15) is 23.6 Å². The van der Waals surface area contributed by atoms with Gasteiger partial charge in [-0.2, -0.15) is 5.10 Å². The maximum absolute atomic E-state index is 13.6. The minimum absolute atomic E-state index is 0.0602. The van der Waals surface area contributed by atoms with Crippen molar-refractivity contribution in [2.45, 2.75) is 38.3 Å². The zero-order valence-electron chi connectivity index (χ0n) is 24.1. The van der Waals surface area contributed by atoms with E-state index in [-0.39, 0.29) is 18.0 Å². The summed E-state index contributed by atoms with van der Waals surface area (Å²) in [6.07, 6.45) is 4.60. The van der Waals surface area contributed by atoms with Crippen LogP contribution in [0.1, 0.15) is 40.2 Å². The number of aromatic nitrogens is 4. The summed E-state index contributed by atoms with van der Waals surface area (Å²) in [5.74, 6) is 1.42. The van der Waals surface area contributed by atoms with Crippen LogP contribution in [-0.4, -0.2) is 81.2 Å². The molecule has 2 aromatic carbocycles. The number of rotatable bonds is 5. The van der Waals surface area contributed by atoms with Crippen molar-refractivity contribution < 1.29 is 14.3 Å². The van der Waals surface area contributed by atoms with Gasteiger partial charge in [-0.05, 0) is 43.0 Å². The number of piperidine rings is 1. The van der Waals surface area contributed by atoms with E-state index in [1.807, 2.05) is 58.3 Å². The number of nitrogens with zero attached hydrogens (tertiary/aromatic N) is 6. The minimum atomic E-state index is -0.109. The van der Waals surface area contributed by atoms with E-state index in [2.05, 4.69) is 30.4 Å². The summed E-state index contributed by atoms with van der Waals surface area (Å²) >= 11 is 0. The first-order valence-electron chi connectivity index (χ1n) is 14.8. The van der Waals surface area contributed by atoms with Crippen molar-refractivity contribution in [1.82, 2.24) is 30.0 Å². The molecule has 1 fully saturated rings. The molecular formula is C32H34N8O3. The van der Waals surface area contributed by atoms with Crippen molar-refractivity contribution in [3.8, 4) is 17.0 Å². The van der Waals surface area contributed by atoms with Crippen LogP contribution >= 0.6 is 0 Å². The molecule has 3 aliphatic heterocycles. The second-order valence-electron chi connectivity index (χ2n) is 11.2. The number of hydrogen-bond donors (Lipinski definition) is 2. The monoisotopic (exact) mass is 578 g/mol. The Morgan fingerprint density at radius 1 is 0.977 bits per heavy atom. The topological polar surface area (TPSA) is 120 Å². The molecule has 2 N–H and O–H groups in total. The molecule has 2 aromatic heterocycles. The summed E-state index contributed by atoms with van der Waals surface area (Å²) in [4.78, 5) is 41.6. The van der Waals surface area contributed by atoms with E-state index in [0.29, 0.717) is 25.3 Å². The summed E-state index contributed by atoms with van der Waals surface area (Å²) < 4.78 is 5.36. The number of amides is 3. The van der Waals surface area contributed by atoms with Gasteiger partial charge in [-0.3, -0.25) is 9.89 Å². The number of fused-ring (bicyclic) bond motifs is 2. The van der Waals surface area contributed by atoms with Crippen LogP contribution in [0.2, 0.25) is 0 Å². The fraction of sp³-hybridized carbons (Fsp3) is 0.344. The lowest BCUT2D eigenvalue weighted by atomic mass is 10.0. The Morgan fingerprint density at radius 2 is 1.81 bits per heavy atom. The van der Waals surface area contributed by atoms with Crippen LogP contribution in [0.4, 0.5) is 16.3 Å². The van der Waals surface area contributed by atoms with Crippen LogP contribution in [0.5, 0.6) is 5.75 Å². The lowest BCUT2D eigenvalue weighted by Crippen LogP contribution is -2.49. The first-order chi connectivity index (χ1) is 21.1. The Hall–Kier alpha value is -4.93. The standard InChI is InChI=1S/C32H34N8O3/c1-43-24-7-8-26-22(17-24)9-16-40(32(42)35-26)23-10-13-38(14-11-23)29-18-28(33-20-34-29)31(41)39-15-12-27-25(19-39)30(37-36-27)21-5-3-2-4-6-21/h2-8,17-18,20,23H,9-16,19H2,1H3,(H,35,42)(H,36,37). The van der Waals surface area contributed by atoms with Gasteiger partial charge in [-0.1, -0.05) is 30.3 Å². The van der Waals surface area contributed by atoms with Gasteiger partial charge in [-0.15, -0.1) is 0 Å². The third kappa shape index (κ3) is 5.26. The fourth-order valence-corrected chi connectivity index (χ4v) is 6.41. The highest BCUT2D eigenvalue weighted by molar-refractivity contribution is 5.93. The van der Waals surface area contributed by atoms with Crippen molar-refractivity contribution in [2.24, 2.45) is 0 Å². The molecule has 0 radical (unpaired) electrons. The van der Waals surface area contributed by atoms with Gasteiger partial charge in [0, 0.05) is 67.2 Å². The maximum Gasteiger partial charge on any atom is 0.322 e. The molecule has 4 aromatic rings. The number of aromatic amines is 1. The molecule has 3 aliphatic rings. The van der Waals surface area contributed by atoms with Gasteiger partial charge < -0.3 is 24.8 Å². The number of methoxy groups -OCH3 is 1. The number of H-pyrrole nitrogens is 1. The Kier molecular flexibility index (Phi) is 7.14. The number of carbonyl (C=O) groups is 2. The van der Waals surface area contributed by atoms with E-state index in [1.165, 1.54) is 6.33 Å². The Morgan fingerprint density at radius 3 is 2.63 bits per heavy atom. The Labute approximate surface area is 249 Å². The van der Waals surface area contributed by atoms with Crippen LogP contribution in [0.15, 0.2) is 60.9 Å². The predicted molar refractivity (Wildman–Crippen MR) is 162 cm³/mol. The van der Waals surface area contributed by atoms with Gasteiger partial charge in [0.05, 0.1) is 19.3 Å². The lowest BCUT2D eigenvalue weighted by Gasteiger charge is -2.38. The highest BCUT2D eigenvalue weighted by Crippen LogP contribution is 2.30. The molecule has 0 saturated carbocycles. The molecule has 1 saturated heterocycles. The summed E-state index contributed by atoms with van der Waals surface area (Å²) in [7, 11) is 1.65. The first kappa shape index (κ1) is 26.9. The van der Waals surface area contributed by atoms with Crippen LogP contribution in [0.25, 0.3) is 11.3 Å². The maximum atomic E-state index is 13.6. The fourth-order valence-electron chi connectivity index (χ4n) is 6.41. The predicted octanol–water partition coefficient (Wildman–Crippen LogP) is 4.13. The van der Waals surface area contributed by atoms with Gasteiger partial charge in [0.15, 0.2) is 0 Å². The van der Waals surface area contributed by atoms with E-state index in [4.69, 9.17) is 4.74 Å². The molecular weight excluding hydrogens is 544 g/mol. The second-order valence-corrected chi connectivity index (χ2v) is 11.2. The average molecular weight is 579 g/mol. The molecule has 0 aliphatic carbocycles. The van der Waals surface area contributed by atoms with E-state index >= 15 is 0 Å². The quantitative estimate of drug-likeness (QED) is 0.365. The van der Waals surface area contributed by atoms with Crippen LogP contribution in [0.3, 0.4) is 0 Å². The molecule has 220 valence electrons. The number of urea groups is 1. The van der Waals surface area contributed by atoms with Gasteiger partial charge in [-0.25, -0.2) is 14.8 Å². The van der Waals surface area contributed by atoms with Crippen molar-refractivity contribution >= 4 is 23.4 Å². The number of anilines is 2. The Bertz CT molecular complexity index is 1650. The second kappa shape index (κ2) is 11.4. The van der Waals surface area contributed by atoms with E-state index in [0.717, 1.165) is 84.1 Å². The average Bonchev–Trinajstić information content (AvgIpc) is 3.41. The summed E-state index contributed by atoms with van der Waals surface area (Å²) in [6.45, 7) is 3.21. The van der Waals surface area contributed by atoms with E-state index in [1.54, 1.807) is 13.2 Å². The summed E-state index contributed by atoms with van der Waals surface area (Å²) in [5.41, 5.74) is 6.38. The molecule has 0 bridgehead atoms. The first-order valence-corrected chi connectivity index (χ1v) is 14.8. The molecule has 11 heteroatoms. The molecule has 0 atom stereocenters. The zero-order chi connectivity index (χ0) is 29.3. The van der Waals surface area contributed by atoms with Crippen molar-refractivity contribution in [3.63, 3.8) is 0 Å². The van der Waals surface area contributed by atoms with Crippen molar-refractivity contribution in [2.75, 3.05) is 43.5 Å². The normalized spacial score (nSPS) is 17.1. The number of nitrogens with one attached hydrogen (secondary N) is 2. The summed E-state index contributed by atoms with van der Waals surface area (Å²) in [6, 6.07) is 17.7. The van der Waals surface area contributed by atoms with E-state index < -0.39 is 0 Å².